The van der Waals surface area contributed by atoms with E-state index in [1.165, 1.54) is 13.8 Å². The number of nitrogens with zero attached hydrogens (tertiary/aromatic N) is 5. The van der Waals surface area contributed by atoms with Gasteiger partial charge in [0.05, 0.1) is 25.3 Å². The molecule has 7 atom stereocenters. The number of hydrogen-bond donors (Lipinski definition) is 8. The molecule has 0 saturated carbocycles. The van der Waals surface area contributed by atoms with Crippen LogP contribution < -0.4 is 11.1 Å². The molecule has 1 aliphatic rings. The summed E-state index contributed by atoms with van der Waals surface area (Å²) in [7, 11) is -16.3. The van der Waals surface area contributed by atoms with Gasteiger partial charge in [-0.1, -0.05) is 19.0 Å². The highest BCUT2D eigenvalue weighted by molar-refractivity contribution is 7.61. The Kier molecular flexibility index (Phi) is 13.5. The molecule has 0 aliphatic carbocycles. The van der Waals surface area contributed by atoms with E-state index in [9.17, 15) is 48.3 Å². The van der Waals surface area contributed by atoms with Crippen LogP contribution in [0.4, 0.5) is 5.82 Å². The van der Waals surface area contributed by atoms with E-state index < -0.39 is 84.2 Å². The van der Waals surface area contributed by atoms with Crippen molar-refractivity contribution >= 4 is 52.1 Å². The number of phosphoric acid groups is 3. The summed E-state index contributed by atoms with van der Waals surface area (Å²) in [5, 5.41) is 27.8. The van der Waals surface area contributed by atoms with Gasteiger partial charge in [0.15, 0.2) is 17.7 Å². The van der Waals surface area contributed by atoms with E-state index in [-0.39, 0.29) is 23.5 Å². The average Bonchev–Trinajstić information content (AvgIpc) is 3.53. The minimum atomic E-state index is -5.52. The van der Waals surface area contributed by atoms with Crippen molar-refractivity contribution in [2.45, 2.75) is 84.2 Å². The summed E-state index contributed by atoms with van der Waals surface area (Å²) < 4.78 is 62.0. The van der Waals surface area contributed by atoms with Gasteiger partial charge in [0.1, 0.15) is 41.9 Å². The molecule has 6 unspecified atom stereocenters. The highest BCUT2D eigenvalue weighted by Crippen LogP contribution is 2.61. The lowest BCUT2D eigenvalue weighted by Crippen LogP contribution is -2.46. The maximum atomic E-state index is 12.6. The largest absolute Gasteiger partial charge is 0.481 e. The molecule has 0 spiro atoms. The van der Waals surface area contributed by atoms with E-state index >= 15 is 0 Å². The number of oxime groups is 1. The summed E-state index contributed by atoms with van der Waals surface area (Å²) in [6, 6.07) is 0. The Morgan fingerprint density at radius 3 is 2.36 bits per heavy atom. The molecule has 0 radical (unpaired) electrons. The summed E-state index contributed by atoms with van der Waals surface area (Å²) in [6.45, 7) is 7.87. The number of aliphatic hydroxyl groups excluding tert-OH is 2. The van der Waals surface area contributed by atoms with Crippen molar-refractivity contribution in [1.29, 1.82) is 0 Å². The van der Waals surface area contributed by atoms with E-state index in [1.54, 1.807) is 6.92 Å². The lowest BCUT2D eigenvalue weighted by atomic mass is 9.87. The van der Waals surface area contributed by atoms with Gasteiger partial charge in [0.2, 0.25) is 5.91 Å². The molecule has 2 aromatic heterocycles. The lowest BCUT2D eigenvalue weighted by Gasteiger charge is -2.30. The van der Waals surface area contributed by atoms with Crippen LogP contribution in [0.2, 0.25) is 0 Å². The molecule has 9 N–H and O–H groups in total. The van der Waals surface area contributed by atoms with Crippen LogP contribution in [0.25, 0.3) is 11.2 Å². The van der Waals surface area contributed by atoms with Gasteiger partial charge in [-0.15, -0.1) is 0 Å². The minimum Gasteiger partial charge on any atom is -0.390 e. The quantitative estimate of drug-likeness (QED) is 0.0615. The number of amides is 1. The lowest BCUT2D eigenvalue weighted by molar-refractivity contribution is -0.136. The first kappa shape index (κ1) is 42.0. The second-order valence-electron chi connectivity index (χ2n) is 12.7. The van der Waals surface area contributed by atoms with Gasteiger partial charge in [-0.05, 0) is 27.7 Å². The van der Waals surface area contributed by atoms with Crippen molar-refractivity contribution in [3.63, 3.8) is 0 Å². The van der Waals surface area contributed by atoms with Crippen LogP contribution in [0.15, 0.2) is 17.8 Å². The molecule has 1 aliphatic heterocycles. The third kappa shape index (κ3) is 12.1. The first-order valence-electron chi connectivity index (χ1n) is 14.6. The Morgan fingerprint density at radius 2 is 1.74 bits per heavy atom. The molecule has 0 bridgehead atoms. The van der Waals surface area contributed by atoms with Gasteiger partial charge in [-0.25, -0.2) is 28.6 Å². The topological polar surface area (TPSA) is 339 Å². The van der Waals surface area contributed by atoms with Crippen LogP contribution in [0.1, 0.15) is 54.2 Å². The molecule has 1 amide bonds. The fourth-order valence-corrected chi connectivity index (χ4v) is 7.01. The smallest absolute Gasteiger partial charge is 0.390 e. The van der Waals surface area contributed by atoms with E-state index in [0.717, 1.165) is 17.2 Å². The number of phosphoric ester groups is 3. The summed E-state index contributed by atoms with van der Waals surface area (Å²) in [6.07, 6.45) is -6.23. The Hall–Kier alpha value is -2.46. The van der Waals surface area contributed by atoms with Gasteiger partial charge in [-0.2, -0.15) is 4.31 Å². The Balaban J connectivity index is 1.59. The number of nitrogen functional groups attached to an aromatic ring is 1. The van der Waals surface area contributed by atoms with Crippen molar-refractivity contribution in [3.05, 3.63) is 12.7 Å². The van der Waals surface area contributed by atoms with Crippen molar-refractivity contribution in [3.8, 4) is 0 Å². The summed E-state index contributed by atoms with van der Waals surface area (Å²) in [5.74, 6) is -0.880. The number of anilines is 1. The van der Waals surface area contributed by atoms with Crippen LogP contribution in [-0.4, -0.2) is 111 Å². The predicted octanol–water partition coefficient (Wildman–Crippen LogP) is 0.480. The highest BCUT2D eigenvalue weighted by atomic mass is 31.3. The first-order valence-corrected chi connectivity index (χ1v) is 19.2. The maximum absolute atomic E-state index is 12.6. The third-order valence-electron chi connectivity index (χ3n) is 6.69. The third-order valence-corrected chi connectivity index (χ3v) is 9.79. The molecule has 23 nitrogen and oxygen atoms in total. The van der Waals surface area contributed by atoms with Gasteiger partial charge < -0.3 is 50.4 Å². The van der Waals surface area contributed by atoms with Gasteiger partial charge in [-0.3, -0.25) is 22.9 Å². The number of carbonyl (C=O) groups is 1. The van der Waals surface area contributed by atoms with Crippen LogP contribution in [0, 0.1) is 5.41 Å². The number of imidazole rings is 1. The number of aromatic nitrogens is 4. The number of hydrogen-bond acceptors (Lipinski definition) is 17. The number of ether oxygens (including phenoxy) is 1. The molecule has 26 heteroatoms. The molecule has 1 fully saturated rings. The predicted molar refractivity (Wildman–Crippen MR) is 171 cm³/mol. The Morgan fingerprint density at radius 1 is 1.10 bits per heavy atom. The summed E-state index contributed by atoms with van der Waals surface area (Å²) >= 11 is 0. The zero-order valence-corrected chi connectivity index (χ0v) is 30.5. The van der Waals surface area contributed by atoms with Crippen LogP contribution in [-0.2, 0) is 45.9 Å². The number of fused-ring (bicyclic) bond motifs is 1. The SMILES string of the molecule is C/C(CCNC(=O)[C@@H](O)C(C)(C)COP(=O)(O)OP(=O)(O)OCC1OC(n2cnc3c(N)ncnc32)C(O)C1OP(=O)(O)O)=N\OC(C)(C)C. The molecule has 2 aromatic rings. The number of rotatable bonds is 17. The van der Waals surface area contributed by atoms with E-state index in [1.807, 2.05) is 20.8 Å². The van der Waals surface area contributed by atoms with Crippen molar-refractivity contribution in [1.82, 2.24) is 24.8 Å². The Bertz CT molecular complexity index is 1680. The van der Waals surface area contributed by atoms with Gasteiger partial charge in [0.25, 0.3) is 0 Å². The monoisotopic (exact) mass is 777 g/mol. The summed E-state index contributed by atoms with van der Waals surface area (Å²) in [4.78, 5) is 68.6. The second-order valence-corrected chi connectivity index (χ2v) is 17.0. The molecule has 1 saturated heterocycles. The van der Waals surface area contributed by atoms with Crippen LogP contribution >= 0.6 is 23.5 Å². The van der Waals surface area contributed by atoms with E-state index in [2.05, 4.69) is 34.3 Å². The molecule has 284 valence electrons. The minimum absolute atomic E-state index is 0.0294. The normalized spacial score (nSPS) is 23.7. The second kappa shape index (κ2) is 16.1. The molecular formula is C24H42N7O16P3. The number of carbonyl (C=O) groups excluding carboxylic acids is 1. The average molecular weight is 778 g/mol. The zero-order valence-electron chi connectivity index (χ0n) is 27.8. The maximum Gasteiger partial charge on any atom is 0.481 e. The fraction of sp³-hybridized carbons (Fsp3) is 0.708. The van der Waals surface area contributed by atoms with Crippen molar-refractivity contribution in [2.24, 2.45) is 10.6 Å². The fourth-order valence-electron chi connectivity index (χ4n) is 4.18. The first-order chi connectivity index (χ1) is 22.8. The van der Waals surface area contributed by atoms with Gasteiger partial charge in [0, 0.05) is 18.4 Å². The van der Waals surface area contributed by atoms with Crippen molar-refractivity contribution < 1.29 is 75.7 Å². The zero-order chi connectivity index (χ0) is 37.9. The highest BCUT2D eigenvalue weighted by Gasteiger charge is 2.50. The molecule has 3 rings (SSSR count). The molecule has 0 aromatic carbocycles. The van der Waals surface area contributed by atoms with Crippen LogP contribution in [0.3, 0.4) is 0 Å². The standard InChI is InChI=1S/C24H42N7O16P3/c1-13(30-46-23(2,3)4)7-8-26-21(34)18(33)24(5,6)10-43-50(40,41)47-49(38,39)42-9-14-17(45-48(35,36)37)16(32)22(44-14)31-12-29-15-19(25)27-11-28-20(15)31/h11-12,14,16-18,22,32-33H,7-10H2,1-6H3,(H,26,34)(H,38,39)(H,40,41)(H2,25,27,28)(H2,35,36,37)/b30-13+/t14?,16?,17?,18-,22?/m1/s1. The number of aliphatic hydroxyl groups is 2. The molecule has 3 heterocycles. The molecular weight excluding hydrogens is 735 g/mol. The van der Waals surface area contributed by atoms with E-state index in [4.69, 9.17) is 24.4 Å². The Labute approximate surface area is 285 Å². The number of nitrogens with one attached hydrogen (secondary N) is 1. The van der Waals surface area contributed by atoms with Crippen LogP contribution in [0.5, 0.6) is 0 Å². The number of nitrogens with two attached hydrogens (primary N) is 1. The van der Waals surface area contributed by atoms with Gasteiger partial charge >= 0.3 is 23.5 Å². The summed E-state index contributed by atoms with van der Waals surface area (Å²) in [5.41, 5.74) is 4.43. The molecule has 50 heavy (non-hydrogen) atoms. The van der Waals surface area contributed by atoms with Crippen molar-refractivity contribution in [2.75, 3.05) is 25.5 Å². The van der Waals surface area contributed by atoms with E-state index in [0.29, 0.717) is 12.1 Å².